The quantitative estimate of drug-likeness (QED) is 0.709. The Morgan fingerprint density at radius 2 is 2.07 bits per heavy atom. The molecule has 0 bridgehead atoms. The van der Waals surface area contributed by atoms with Crippen molar-refractivity contribution >= 4 is 40.0 Å². The maximum atomic E-state index is 12.5. The van der Waals surface area contributed by atoms with Crippen LogP contribution in [0.4, 0.5) is 11.4 Å². The third-order valence-corrected chi connectivity index (χ3v) is 6.77. The fourth-order valence-electron chi connectivity index (χ4n) is 3.41. The van der Waals surface area contributed by atoms with Crippen LogP contribution in [-0.4, -0.2) is 17.0 Å². The number of thiazole rings is 1. The SMILES string of the molecule is Cc1csc(=O)n1CCC(=O)Nc1ccccc1N1CCc2sccc2C1. The molecule has 0 unspecified atom stereocenters. The molecule has 0 fully saturated rings. The number of hydrogen-bond donors (Lipinski definition) is 1. The molecule has 27 heavy (non-hydrogen) atoms. The topological polar surface area (TPSA) is 54.3 Å². The molecular formula is C20H21N3O2S2. The van der Waals surface area contributed by atoms with E-state index in [0.717, 1.165) is 36.6 Å². The van der Waals surface area contributed by atoms with Crippen molar-refractivity contribution in [3.05, 3.63) is 66.9 Å². The summed E-state index contributed by atoms with van der Waals surface area (Å²) in [4.78, 5) is 28.0. The number of aryl methyl sites for hydroxylation is 1. The van der Waals surface area contributed by atoms with Gasteiger partial charge in [0.2, 0.25) is 5.91 Å². The lowest BCUT2D eigenvalue weighted by atomic mass is 10.1. The summed E-state index contributed by atoms with van der Waals surface area (Å²) in [5.74, 6) is -0.0758. The average molecular weight is 400 g/mol. The summed E-state index contributed by atoms with van der Waals surface area (Å²) in [5.41, 5.74) is 4.15. The van der Waals surface area contributed by atoms with Crippen LogP contribution in [-0.2, 0) is 24.3 Å². The van der Waals surface area contributed by atoms with Gasteiger partial charge in [-0.2, -0.15) is 0 Å². The van der Waals surface area contributed by atoms with Crippen LogP contribution < -0.4 is 15.1 Å². The van der Waals surface area contributed by atoms with Crippen molar-refractivity contribution in [2.75, 3.05) is 16.8 Å². The molecular weight excluding hydrogens is 378 g/mol. The molecule has 1 aliphatic rings. The van der Waals surface area contributed by atoms with E-state index in [2.05, 4.69) is 27.7 Å². The molecule has 3 aromatic rings. The van der Waals surface area contributed by atoms with E-state index in [9.17, 15) is 9.59 Å². The molecule has 2 aromatic heterocycles. The van der Waals surface area contributed by atoms with E-state index in [1.54, 1.807) is 4.57 Å². The van der Waals surface area contributed by atoms with E-state index in [1.807, 2.05) is 41.8 Å². The Kier molecular flexibility index (Phi) is 5.13. The number of thiophene rings is 1. The van der Waals surface area contributed by atoms with Gasteiger partial charge in [-0.1, -0.05) is 23.5 Å². The molecule has 0 spiro atoms. The Balaban J connectivity index is 1.45. The first-order valence-corrected chi connectivity index (χ1v) is 10.7. The lowest BCUT2D eigenvalue weighted by Gasteiger charge is -2.30. The molecule has 140 valence electrons. The van der Waals surface area contributed by atoms with Gasteiger partial charge >= 0.3 is 4.87 Å². The summed E-state index contributed by atoms with van der Waals surface area (Å²) in [6.45, 7) is 4.11. The van der Waals surface area contributed by atoms with Crippen LogP contribution in [0.5, 0.6) is 0 Å². The number of anilines is 2. The van der Waals surface area contributed by atoms with E-state index in [0.29, 0.717) is 6.54 Å². The standard InChI is InChI=1S/C20H21N3O2S2/c1-14-13-27-20(25)23(14)10-7-19(24)21-16-4-2-3-5-17(16)22-9-6-18-15(12-22)8-11-26-18/h2-5,8,11,13H,6-7,9-10,12H2,1H3,(H,21,24). The largest absolute Gasteiger partial charge is 0.365 e. The normalized spacial score (nSPS) is 13.4. The zero-order valence-electron chi connectivity index (χ0n) is 15.1. The molecule has 4 rings (SSSR count). The lowest BCUT2D eigenvalue weighted by Crippen LogP contribution is -2.30. The number of benzene rings is 1. The third-order valence-electron chi connectivity index (χ3n) is 4.87. The number of nitrogens with one attached hydrogen (secondary N) is 1. The van der Waals surface area contributed by atoms with E-state index in [1.165, 1.54) is 21.8 Å². The summed E-state index contributed by atoms with van der Waals surface area (Å²) < 4.78 is 1.65. The highest BCUT2D eigenvalue weighted by atomic mass is 32.1. The number of amides is 1. The fraction of sp³-hybridized carbons (Fsp3) is 0.300. The van der Waals surface area contributed by atoms with Crippen LogP contribution in [0.15, 0.2) is 45.9 Å². The van der Waals surface area contributed by atoms with Crippen LogP contribution >= 0.6 is 22.7 Å². The smallest absolute Gasteiger partial charge is 0.307 e. The Bertz CT molecular complexity index is 1020. The Hall–Kier alpha value is -2.38. The highest BCUT2D eigenvalue weighted by molar-refractivity contribution is 7.10. The first-order valence-electron chi connectivity index (χ1n) is 8.96. The number of fused-ring (bicyclic) bond motifs is 1. The van der Waals surface area contributed by atoms with Gasteiger partial charge < -0.3 is 14.8 Å². The van der Waals surface area contributed by atoms with Crippen molar-refractivity contribution in [1.29, 1.82) is 0 Å². The molecule has 5 nitrogen and oxygen atoms in total. The van der Waals surface area contributed by atoms with Gasteiger partial charge in [0.15, 0.2) is 0 Å². The van der Waals surface area contributed by atoms with E-state index >= 15 is 0 Å². The minimum absolute atomic E-state index is 0.0133. The van der Waals surface area contributed by atoms with Gasteiger partial charge in [0.1, 0.15) is 0 Å². The molecule has 1 aromatic carbocycles. The average Bonchev–Trinajstić information content (AvgIpc) is 3.26. The number of aromatic nitrogens is 1. The molecule has 0 atom stereocenters. The highest BCUT2D eigenvalue weighted by Gasteiger charge is 2.20. The van der Waals surface area contributed by atoms with Crippen molar-refractivity contribution in [3.8, 4) is 0 Å². The zero-order chi connectivity index (χ0) is 18.8. The van der Waals surface area contributed by atoms with Gasteiger partial charge in [0.05, 0.1) is 11.4 Å². The van der Waals surface area contributed by atoms with Gasteiger partial charge in [0, 0.05) is 42.0 Å². The number of hydrogen-bond acceptors (Lipinski definition) is 5. The number of carbonyl (C=O) groups excluding carboxylic acids is 1. The van der Waals surface area contributed by atoms with Crippen LogP contribution in [0, 0.1) is 6.92 Å². The highest BCUT2D eigenvalue weighted by Crippen LogP contribution is 2.32. The molecule has 1 N–H and O–H groups in total. The lowest BCUT2D eigenvalue weighted by molar-refractivity contribution is -0.116. The first kappa shape index (κ1) is 18.0. The van der Waals surface area contributed by atoms with E-state index in [4.69, 9.17) is 0 Å². The van der Waals surface area contributed by atoms with Gasteiger partial charge in [-0.05, 0) is 42.5 Å². The minimum Gasteiger partial charge on any atom is -0.365 e. The summed E-state index contributed by atoms with van der Waals surface area (Å²) in [5, 5.41) is 7.01. The van der Waals surface area contributed by atoms with Crippen molar-refractivity contribution < 1.29 is 4.79 Å². The van der Waals surface area contributed by atoms with Crippen molar-refractivity contribution in [1.82, 2.24) is 4.57 Å². The maximum Gasteiger partial charge on any atom is 0.307 e. The summed E-state index contributed by atoms with van der Waals surface area (Å²) >= 11 is 2.99. The second-order valence-corrected chi connectivity index (χ2v) is 8.47. The maximum absolute atomic E-state index is 12.5. The number of rotatable bonds is 5. The van der Waals surface area contributed by atoms with Crippen molar-refractivity contribution in [2.24, 2.45) is 0 Å². The van der Waals surface area contributed by atoms with Gasteiger partial charge in [-0.3, -0.25) is 9.59 Å². The number of nitrogens with zero attached hydrogens (tertiary/aromatic N) is 2. The van der Waals surface area contributed by atoms with Gasteiger partial charge in [0.25, 0.3) is 0 Å². The first-order chi connectivity index (χ1) is 13.1. The fourth-order valence-corrected chi connectivity index (χ4v) is 5.06. The molecule has 1 amide bonds. The van der Waals surface area contributed by atoms with Crippen molar-refractivity contribution in [3.63, 3.8) is 0 Å². The monoisotopic (exact) mass is 399 g/mol. The number of para-hydroxylation sites is 2. The van der Waals surface area contributed by atoms with Crippen molar-refractivity contribution in [2.45, 2.75) is 32.9 Å². The number of carbonyl (C=O) groups is 1. The molecule has 0 aliphatic carbocycles. The zero-order valence-corrected chi connectivity index (χ0v) is 16.7. The predicted molar refractivity (Wildman–Crippen MR) is 112 cm³/mol. The molecule has 0 saturated carbocycles. The molecule has 0 radical (unpaired) electrons. The Labute approximate surface area is 165 Å². The molecule has 0 saturated heterocycles. The van der Waals surface area contributed by atoms with Crippen LogP contribution in [0.25, 0.3) is 0 Å². The van der Waals surface area contributed by atoms with Gasteiger partial charge in [-0.25, -0.2) is 0 Å². The van der Waals surface area contributed by atoms with Crippen LogP contribution in [0.2, 0.25) is 0 Å². The van der Waals surface area contributed by atoms with Gasteiger partial charge in [-0.15, -0.1) is 11.3 Å². The summed E-state index contributed by atoms with van der Waals surface area (Å²) in [6, 6.07) is 10.1. The van der Waals surface area contributed by atoms with E-state index < -0.39 is 0 Å². The van der Waals surface area contributed by atoms with Crippen LogP contribution in [0.1, 0.15) is 22.6 Å². The Morgan fingerprint density at radius 3 is 2.89 bits per heavy atom. The summed E-state index contributed by atoms with van der Waals surface area (Å²) in [7, 11) is 0. The third kappa shape index (κ3) is 3.84. The molecule has 3 heterocycles. The van der Waals surface area contributed by atoms with Crippen LogP contribution in [0.3, 0.4) is 0 Å². The minimum atomic E-state index is -0.0758. The second kappa shape index (κ2) is 7.70. The summed E-state index contributed by atoms with van der Waals surface area (Å²) in [6.07, 6.45) is 1.32. The second-order valence-electron chi connectivity index (χ2n) is 6.65. The molecule has 1 aliphatic heterocycles. The molecule has 7 heteroatoms. The Morgan fingerprint density at radius 1 is 1.22 bits per heavy atom. The van der Waals surface area contributed by atoms with E-state index in [-0.39, 0.29) is 17.2 Å². The predicted octanol–water partition coefficient (Wildman–Crippen LogP) is 3.87.